The van der Waals surface area contributed by atoms with Crippen molar-refractivity contribution in [1.29, 1.82) is 0 Å². The molecule has 1 heterocycles. The summed E-state index contributed by atoms with van der Waals surface area (Å²) in [5.74, 6) is 0.853. The third kappa shape index (κ3) is 4.99. The van der Waals surface area contributed by atoms with Gasteiger partial charge in [-0.15, -0.1) is 0 Å². The number of benzene rings is 1. The van der Waals surface area contributed by atoms with Gasteiger partial charge < -0.3 is 4.74 Å². The molecule has 0 saturated carbocycles. The summed E-state index contributed by atoms with van der Waals surface area (Å²) >= 11 is 0. The lowest BCUT2D eigenvalue weighted by Gasteiger charge is -2.24. The lowest BCUT2D eigenvalue weighted by molar-refractivity contribution is -0.123. The van der Waals surface area contributed by atoms with E-state index in [1.165, 1.54) is 0 Å². The van der Waals surface area contributed by atoms with E-state index in [1.54, 1.807) is 7.11 Å². The summed E-state index contributed by atoms with van der Waals surface area (Å²) in [6, 6.07) is 10.3. The van der Waals surface area contributed by atoms with Gasteiger partial charge in [-0.1, -0.05) is 38.1 Å². The van der Waals surface area contributed by atoms with Crippen LogP contribution in [0.15, 0.2) is 42.7 Å². The van der Waals surface area contributed by atoms with Crippen LogP contribution in [0.1, 0.15) is 51.7 Å². The smallest absolute Gasteiger partial charge is 0.142 e. The van der Waals surface area contributed by atoms with Crippen LogP contribution in [0.5, 0.6) is 0 Å². The molecule has 0 atom stereocenters. The Balaban J connectivity index is 2.18. The zero-order valence-corrected chi connectivity index (χ0v) is 16.0. The SMILES string of the molecule is COCc1cncc(-c2ccc(C(C)(C)C(=O)CCC(C)C)cc2)c1. The third-order valence-corrected chi connectivity index (χ3v) is 4.69. The molecule has 2 aromatic rings. The zero-order valence-electron chi connectivity index (χ0n) is 16.0. The molecule has 3 nitrogen and oxygen atoms in total. The molecule has 0 amide bonds. The van der Waals surface area contributed by atoms with Crippen molar-refractivity contribution >= 4 is 5.78 Å². The molecule has 0 aliphatic heterocycles. The summed E-state index contributed by atoms with van der Waals surface area (Å²) < 4.78 is 5.17. The Morgan fingerprint density at radius 2 is 1.80 bits per heavy atom. The van der Waals surface area contributed by atoms with Crippen molar-refractivity contribution in [3.8, 4) is 11.1 Å². The number of carbonyl (C=O) groups is 1. The number of hydrogen-bond acceptors (Lipinski definition) is 3. The van der Waals surface area contributed by atoms with Crippen LogP contribution in [0, 0.1) is 5.92 Å². The minimum absolute atomic E-state index is 0.303. The zero-order chi connectivity index (χ0) is 18.4. The van der Waals surface area contributed by atoms with Gasteiger partial charge in [0.1, 0.15) is 5.78 Å². The molecule has 1 aromatic carbocycles. The predicted molar refractivity (Wildman–Crippen MR) is 102 cm³/mol. The van der Waals surface area contributed by atoms with Gasteiger partial charge in [0.2, 0.25) is 0 Å². The highest BCUT2D eigenvalue weighted by Crippen LogP contribution is 2.29. The molecule has 0 spiro atoms. The highest BCUT2D eigenvalue weighted by molar-refractivity contribution is 5.89. The fraction of sp³-hybridized carbons (Fsp3) is 0.455. The van der Waals surface area contributed by atoms with Crippen LogP contribution >= 0.6 is 0 Å². The second-order valence-electron chi connectivity index (χ2n) is 7.57. The summed E-state index contributed by atoms with van der Waals surface area (Å²) in [5, 5.41) is 0. The number of methoxy groups -OCH3 is 1. The standard InChI is InChI=1S/C22H29NO2/c1-16(2)6-11-21(24)22(3,4)20-9-7-18(8-10-20)19-12-17(15-25-5)13-23-14-19/h7-10,12-14,16H,6,11,15H2,1-5H3. The molecule has 0 unspecified atom stereocenters. The van der Waals surface area contributed by atoms with Crippen LogP contribution in [-0.2, 0) is 21.6 Å². The Bertz CT molecular complexity index is 702. The molecular weight excluding hydrogens is 310 g/mol. The van der Waals surface area contributed by atoms with E-state index >= 15 is 0 Å². The first-order chi connectivity index (χ1) is 11.8. The van der Waals surface area contributed by atoms with Gasteiger partial charge in [0.05, 0.1) is 6.61 Å². The summed E-state index contributed by atoms with van der Waals surface area (Å²) in [6.45, 7) is 8.90. The van der Waals surface area contributed by atoms with Gasteiger partial charge in [-0.2, -0.15) is 0 Å². The van der Waals surface area contributed by atoms with Crippen molar-refractivity contribution in [3.63, 3.8) is 0 Å². The van der Waals surface area contributed by atoms with Crippen molar-refractivity contribution in [2.75, 3.05) is 7.11 Å². The summed E-state index contributed by atoms with van der Waals surface area (Å²) in [6.07, 6.45) is 5.25. The largest absolute Gasteiger partial charge is 0.380 e. The molecule has 0 radical (unpaired) electrons. The molecule has 0 aliphatic carbocycles. The van der Waals surface area contributed by atoms with Crippen LogP contribution in [-0.4, -0.2) is 17.9 Å². The number of Topliss-reactive ketones (excluding diaryl/α,β-unsaturated/α-hetero) is 1. The van der Waals surface area contributed by atoms with Crippen LogP contribution in [0.4, 0.5) is 0 Å². The number of rotatable bonds is 8. The number of ether oxygens (including phenoxy) is 1. The van der Waals surface area contributed by atoms with E-state index in [0.29, 0.717) is 24.7 Å². The average molecular weight is 339 g/mol. The van der Waals surface area contributed by atoms with Gasteiger partial charge in [0.25, 0.3) is 0 Å². The summed E-state index contributed by atoms with van der Waals surface area (Å²) in [5.41, 5.74) is 3.81. The molecule has 0 saturated heterocycles. The maximum atomic E-state index is 12.6. The Morgan fingerprint density at radius 3 is 2.40 bits per heavy atom. The number of carbonyl (C=O) groups excluding carboxylic acids is 1. The van der Waals surface area contributed by atoms with E-state index in [2.05, 4.69) is 49.2 Å². The van der Waals surface area contributed by atoms with Gasteiger partial charge in [-0.05, 0) is 48.9 Å². The van der Waals surface area contributed by atoms with E-state index in [4.69, 9.17) is 4.74 Å². The quantitative estimate of drug-likeness (QED) is 0.665. The topological polar surface area (TPSA) is 39.2 Å². The molecule has 0 aliphatic rings. The van der Waals surface area contributed by atoms with E-state index in [1.807, 2.05) is 26.2 Å². The first kappa shape index (κ1) is 19.3. The molecule has 1 aromatic heterocycles. The maximum absolute atomic E-state index is 12.6. The van der Waals surface area contributed by atoms with Crippen LogP contribution in [0.3, 0.4) is 0 Å². The van der Waals surface area contributed by atoms with Crippen molar-refractivity contribution in [2.24, 2.45) is 5.92 Å². The second-order valence-corrected chi connectivity index (χ2v) is 7.57. The Labute approximate surface area is 151 Å². The fourth-order valence-electron chi connectivity index (χ4n) is 2.86. The normalized spacial score (nSPS) is 11.8. The Hall–Kier alpha value is -2.00. The monoisotopic (exact) mass is 339 g/mol. The first-order valence-electron chi connectivity index (χ1n) is 8.91. The molecule has 2 rings (SSSR count). The van der Waals surface area contributed by atoms with Crippen LogP contribution in [0.2, 0.25) is 0 Å². The Kier molecular flexibility index (Phi) is 6.49. The molecule has 0 bridgehead atoms. The average Bonchev–Trinajstić information content (AvgIpc) is 2.60. The molecule has 0 N–H and O–H groups in total. The summed E-state index contributed by atoms with van der Waals surface area (Å²) in [7, 11) is 1.68. The minimum Gasteiger partial charge on any atom is -0.380 e. The number of nitrogens with zero attached hydrogens (tertiary/aromatic N) is 1. The number of hydrogen-bond donors (Lipinski definition) is 0. The third-order valence-electron chi connectivity index (χ3n) is 4.69. The van der Waals surface area contributed by atoms with E-state index < -0.39 is 5.41 Å². The van der Waals surface area contributed by atoms with Gasteiger partial charge in [-0.3, -0.25) is 9.78 Å². The molecule has 25 heavy (non-hydrogen) atoms. The van der Waals surface area contributed by atoms with E-state index in [0.717, 1.165) is 28.7 Å². The molecular formula is C22H29NO2. The lowest BCUT2D eigenvalue weighted by Crippen LogP contribution is -2.29. The lowest BCUT2D eigenvalue weighted by atomic mass is 9.78. The first-order valence-corrected chi connectivity index (χ1v) is 8.91. The summed E-state index contributed by atoms with van der Waals surface area (Å²) in [4.78, 5) is 16.9. The Morgan fingerprint density at radius 1 is 1.12 bits per heavy atom. The van der Waals surface area contributed by atoms with Gasteiger partial charge in [0.15, 0.2) is 0 Å². The second kappa shape index (κ2) is 8.39. The fourth-order valence-corrected chi connectivity index (χ4v) is 2.86. The van der Waals surface area contributed by atoms with Crippen LogP contribution < -0.4 is 0 Å². The minimum atomic E-state index is -0.455. The molecule has 134 valence electrons. The number of pyridine rings is 1. The maximum Gasteiger partial charge on any atom is 0.142 e. The highest BCUT2D eigenvalue weighted by atomic mass is 16.5. The highest BCUT2D eigenvalue weighted by Gasteiger charge is 2.29. The van der Waals surface area contributed by atoms with Crippen LogP contribution in [0.25, 0.3) is 11.1 Å². The van der Waals surface area contributed by atoms with Crippen molar-refractivity contribution in [3.05, 3.63) is 53.9 Å². The number of aromatic nitrogens is 1. The van der Waals surface area contributed by atoms with Gasteiger partial charge in [0, 0.05) is 36.9 Å². The molecule has 0 fully saturated rings. The molecule has 3 heteroatoms. The van der Waals surface area contributed by atoms with Gasteiger partial charge in [-0.25, -0.2) is 0 Å². The number of ketones is 1. The van der Waals surface area contributed by atoms with E-state index in [-0.39, 0.29) is 0 Å². The van der Waals surface area contributed by atoms with Crippen molar-refractivity contribution < 1.29 is 9.53 Å². The van der Waals surface area contributed by atoms with E-state index in [9.17, 15) is 4.79 Å². The van der Waals surface area contributed by atoms with Crippen molar-refractivity contribution in [1.82, 2.24) is 4.98 Å². The van der Waals surface area contributed by atoms with Gasteiger partial charge >= 0.3 is 0 Å². The predicted octanol–water partition coefficient (Wildman–Crippen LogP) is 5.18. The van der Waals surface area contributed by atoms with Crippen molar-refractivity contribution in [2.45, 2.75) is 52.6 Å².